The Morgan fingerprint density at radius 1 is 1.14 bits per heavy atom. The fourth-order valence-electron chi connectivity index (χ4n) is 3.75. The molecule has 0 saturated heterocycles. The highest BCUT2D eigenvalue weighted by molar-refractivity contribution is 7.15. The summed E-state index contributed by atoms with van der Waals surface area (Å²) in [5.41, 5.74) is 1.30. The molecule has 114 valence electrons. The van der Waals surface area contributed by atoms with Gasteiger partial charge >= 0.3 is 0 Å². The molecule has 2 aromatic rings. The number of nitrogens with zero attached hydrogens (tertiary/aromatic N) is 2. The van der Waals surface area contributed by atoms with E-state index >= 15 is 0 Å². The van der Waals surface area contributed by atoms with Crippen LogP contribution in [-0.2, 0) is 6.42 Å². The van der Waals surface area contributed by atoms with Gasteiger partial charge in [-0.1, -0.05) is 19.3 Å². The molecule has 2 atom stereocenters. The molecule has 2 saturated carbocycles. The number of hydrogen-bond donors (Lipinski definition) is 1. The Labute approximate surface area is 130 Å². The molecule has 0 amide bonds. The molecule has 21 heavy (non-hydrogen) atoms. The number of nitrogens with one attached hydrogen (secondary N) is 1. The molecule has 4 rings (SSSR count). The van der Waals surface area contributed by atoms with Gasteiger partial charge in [-0.25, -0.2) is 4.98 Å². The van der Waals surface area contributed by atoms with E-state index < -0.39 is 0 Å². The Morgan fingerprint density at radius 3 is 2.81 bits per heavy atom. The van der Waals surface area contributed by atoms with Crippen LogP contribution in [0.4, 0.5) is 0 Å². The van der Waals surface area contributed by atoms with Gasteiger partial charge < -0.3 is 5.32 Å². The van der Waals surface area contributed by atoms with Crippen LogP contribution >= 0.6 is 11.3 Å². The summed E-state index contributed by atoms with van der Waals surface area (Å²) in [6.45, 7) is 1.23. The fourth-order valence-corrected chi connectivity index (χ4v) is 4.47. The second-order valence-electron chi connectivity index (χ2n) is 6.87. The number of imidazole rings is 1. The van der Waals surface area contributed by atoms with Crippen LogP contribution in [0.2, 0.25) is 0 Å². The van der Waals surface area contributed by atoms with Crippen molar-refractivity contribution in [3.05, 3.63) is 23.5 Å². The number of aromatic nitrogens is 2. The van der Waals surface area contributed by atoms with Crippen molar-refractivity contribution in [3.63, 3.8) is 0 Å². The molecular weight excluding hydrogens is 278 g/mol. The van der Waals surface area contributed by atoms with Crippen molar-refractivity contribution in [3.8, 4) is 0 Å². The topological polar surface area (TPSA) is 29.3 Å². The zero-order chi connectivity index (χ0) is 14.1. The summed E-state index contributed by atoms with van der Waals surface area (Å²) in [6.07, 6.45) is 15.4. The monoisotopic (exact) mass is 303 g/mol. The molecule has 3 nitrogen and oxygen atoms in total. The third-order valence-electron chi connectivity index (χ3n) is 5.18. The minimum Gasteiger partial charge on any atom is -0.314 e. The third-order valence-corrected chi connectivity index (χ3v) is 5.95. The van der Waals surface area contributed by atoms with Gasteiger partial charge in [-0.3, -0.25) is 4.40 Å². The molecule has 0 spiro atoms. The van der Waals surface area contributed by atoms with Crippen LogP contribution < -0.4 is 5.32 Å². The molecule has 0 aliphatic heterocycles. The molecule has 0 bridgehead atoms. The van der Waals surface area contributed by atoms with E-state index in [9.17, 15) is 0 Å². The number of fused-ring (bicyclic) bond motifs is 1. The summed E-state index contributed by atoms with van der Waals surface area (Å²) in [6, 6.07) is 0.840. The lowest BCUT2D eigenvalue weighted by atomic mass is 9.84. The summed E-state index contributed by atoms with van der Waals surface area (Å²) >= 11 is 1.74. The molecule has 0 aromatic carbocycles. The highest BCUT2D eigenvalue weighted by atomic mass is 32.1. The van der Waals surface area contributed by atoms with Crippen LogP contribution in [0, 0.1) is 11.8 Å². The zero-order valence-electron chi connectivity index (χ0n) is 12.6. The highest BCUT2D eigenvalue weighted by Crippen LogP contribution is 2.32. The molecular formula is C17H25N3S. The van der Waals surface area contributed by atoms with E-state index in [0.717, 1.165) is 22.8 Å². The Hall–Kier alpha value is -0.870. The van der Waals surface area contributed by atoms with Crippen molar-refractivity contribution in [2.75, 3.05) is 6.54 Å². The van der Waals surface area contributed by atoms with Gasteiger partial charge in [0.25, 0.3) is 0 Å². The van der Waals surface area contributed by atoms with E-state index in [2.05, 4.69) is 27.5 Å². The molecule has 2 aliphatic rings. The van der Waals surface area contributed by atoms with Crippen LogP contribution in [0.25, 0.3) is 4.96 Å². The van der Waals surface area contributed by atoms with Crippen LogP contribution in [0.15, 0.2) is 17.8 Å². The first-order valence-corrected chi connectivity index (χ1v) is 9.41. The average molecular weight is 303 g/mol. The van der Waals surface area contributed by atoms with E-state index in [4.69, 9.17) is 4.98 Å². The normalized spacial score (nSPS) is 27.0. The van der Waals surface area contributed by atoms with E-state index in [1.165, 1.54) is 63.6 Å². The second-order valence-corrected chi connectivity index (χ2v) is 7.74. The molecule has 2 aliphatic carbocycles. The Morgan fingerprint density at radius 2 is 2.00 bits per heavy atom. The highest BCUT2D eigenvalue weighted by Gasteiger charge is 2.27. The lowest BCUT2D eigenvalue weighted by molar-refractivity contribution is 0.295. The van der Waals surface area contributed by atoms with Crippen molar-refractivity contribution in [2.24, 2.45) is 11.8 Å². The minimum absolute atomic E-state index is 0.823. The van der Waals surface area contributed by atoms with Crippen LogP contribution in [0.3, 0.4) is 0 Å². The zero-order valence-corrected chi connectivity index (χ0v) is 13.4. The Bertz CT molecular complexity index is 555. The van der Waals surface area contributed by atoms with Gasteiger partial charge in [-0.2, -0.15) is 0 Å². The van der Waals surface area contributed by atoms with Crippen LogP contribution in [0.5, 0.6) is 0 Å². The maximum Gasteiger partial charge on any atom is 0.193 e. The van der Waals surface area contributed by atoms with Crippen LogP contribution in [-0.4, -0.2) is 22.0 Å². The van der Waals surface area contributed by atoms with E-state index in [-0.39, 0.29) is 0 Å². The summed E-state index contributed by atoms with van der Waals surface area (Å²) in [5.74, 6) is 1.68. The molecule has 2 unspecified atom stereocenters. The molecule has 1 N–H and O–H groups in total. The molecule has 2 heterocycles. The molecule has 2 fully saturated rings. The summed E-state index contributed by atoms with van der Waals surface area (Å²) in [5, 5.41) is 5.88. The maximum atomic E-state index is 4.80. The Balaban J connectivity index is 1.44. The predicted molar refractivity (Wildman–Crippen MR) is 87.9 cm³/mol. The smallest absolute Gasteiger partial charge is 0.193 e. The minimum atomic E-state index is 0.823. The lowest BCUT2D eigenvalue weighted by Crippen LogP contribution is -2.30. The van der Waals surface area contributed by atoms with Crippen LogP contribution in [0.1, 0.15) is 50.6 Å². The van der Waals surface area contributed by atoms with Crippen molar-refractivity contribution >= 4 is 16.3 Å². The number of thiazole rings is 1. The third kappa shape index (κ3) is 3.32. The van der Waals surface area contributed by atoms with E-state index in [1.54, 1.807) is 11.3 Å². The van der Waals surface area contributed by atoms with Gasteiger partial charge in [-0.05, 0) is 50.5 Å². The Kier molecular flexibility index (Phi) is 3.99. The van der Waals surface area contributed by atoms with Gasteiger partial charge in [0.05, 0.1) is 5.69 Å². The summed E-state index contributed by atoms with van der Waals surface area (Å²) < 4.78 is 2.17. The molecule has 0 radical (unpaired) electrons. The maximum absolute atomic E-state index is 4.80. The van der Waals surface area contributed by atoms with Crippen molar-refractivity contribution in [2.45, 2.75) is 57.4 Å². The van der Waals surface area contributed by atoms with E-state index in [0.29, 0.717) is 0 Å². The first kappa shape index (κ1) is 13.8. The average Bonchev–Trinajstić information content (AvgIpc) is 3.13. The predicted octanol–water partition coefficient (Wildman–Crippen LogP) is 3.89. The number of rotatable bonds is 5. The quantitative estimate of drug-likeness (QED) is 0.849. The summed E-state index contributed by atoms with van der Waals surface area (Å²) in [7, 11) is 0. The standard InChI is InChI=1S/C17H25N3S/c1-2-4-13(14(5-3-1)11-18-15-6-7-15)10-16-12-20-8-9-21-17(20)19-16/h8-9,12-15,18H,1-7,10-11H2. The van der Waals surface area contributed by atoms with Gasteiger partial charge in [0.2, 0.25) is 0 Å². The largest absolute Gasteiger partial charge is 0.314 e. The van der Waals surface area contributed by atoms with Crippen molar-refractivity contribution < 1.29 is 0 Å². The lowest BCUT2D eigenvalue weighted by Gasteiger charge is -2.25. The second kappa shape index (κ2) is 6.09. The fraction of sp³-hybridized carbons (Fsp3) is 0.706. The van der Waals surface area contributed by atoms with E-state index in [1.807, 2.05) is 0 Å². The summed E-state index contributed by atoms with van der Waals surface area (Å²) in [4.78, 5) is 5.95. The SMILES string of the molecule is c1cn2cc(CC3CCCCCC3CNC3CC3)nc2s1. The van der Waals surface area contributed by atoms with Gasteiger partial charge in [-0.15, -0.1) is 11.3 Å². The van der Waals surface area contributed by atoms with Crippen molar-refractivity contribution in [1.82, 2.24) is 14.7 Å². The molecule has 2 aromatic heterocycles. The van der Waals surface area contributed by atoms with Gasteiger partial charge in [0.1, 0.15) is 0 Å². The van der Waals surface area contributed by atoms with Gasteiger partial charge in [0, 0.05) is 23.8 Å². The van der Waals surface area contributed by atoms with Gasteiger partial charge in [0.15, 0.2) is 4.96 Å². The molecule has 4 heteroatoms. The number of hydrogen-bond acceptors (Lipinski definition) is 3. The van der Waals surface area contributed by atoms with Crippen molar-refractivity contribution in [1.29, 1.82) is 0 Å². The first-order valence-electron chi connectivity index (χ1n) is 8.53. The first-order chi connectivity index (χ1) is 10.4.